The van der Waals surface area contributed by atoms with E-state index in [0.29, 0.717) is 16.9 Å². The quantitative estimate of drug-likeness (QED) is 0.882. The molecular formula is C20H25N3O3. The molecule has 0 saturated heterocycles. The lowest BCUT2D eigenvalue weighted by atomic mass is 9.86. The topological polar surface area (TPSA) is 94.2 Å². The zero-order chi connectivity index (χ0) is 19.6. The van der Waals surface area contributed by atoms with Crippen molar-refractivity contribution in [3.63, 3.8) is 0 Å². The average Bonchev–Trinajstić information content (AvgIpc) is 2.50. The summed E-state index contributed by atoms with van der Waals surface area (Å²) in [6, 6.07) is 9.24. The summed E-state index contributed by atoms with van der Waals surface area (Å²) < 4.78 is 1.27. The number of para-hydroxylation sites is 1. The second kappa shape index (κ2) is 7.15. The number of rotatable bonds is 4. The van der Waals surface area contributed by atoms with Crippen LogP contribution in [0.5, 0.6) is 0 Å². The SMILES string of the molecule is Cc1cc(C)n(CC(=O)Nc2ccccc2C(C)(C)C)c(=O)c1C(N)=O. The molecule has 6 heteroatoms. The molecule has 1 aromatic heterocycles. The number of pyridine rings is 1. The minimum absolute atomic E-state index is 0.0847. The lowest BCUT2D eigenvalue weighted by Crippen LogP contribution is -2.35. The third kappa shape index (κ3) is 4.02. The van der Waals surface area contributed by atoms with Crippen LogP contribution in [-0.2, 0) is 16.8 Å². The Morgan fingerprint density at radius 3 is 2.35 bits per heavy atom. The van der Waals surface area contributed by atoms with Gasteiger partial charge < -0.3 is 15.6 Å². The highest BCUT2D eigenvalue weighted by Gasteiger charge is 2.20. The van der Waals surface area contributed by atoms with Gasteiger partial charge in [-0.3, -0.25) is 14.4 Å². The van der Waals surface area contributed by atoms with E-state index in [1.807, 2.05) is 24.3 Å². The highest BCUT2D eigenvalue weighted by Crippen LogP contribution is 2.29. The van der Waals surface area contributed by atoms with E-state index in [1.54, 1.807) is 19.9 Å². The van der Waals surface area contributed by atoms with Gasteiger partial charge in [0.1, 0.15) is 12.1 Å². The van der Waals surface area contributed by atoms with E-state index >= 15 is 0 Å². The Kier molecular flexibility index (Phi) is 5.35. The molecule has 0 bridgehead atoms. The van der Waals surface area contributed by atoms with Gasteiger partial charge in [-0.25, -0.2) is 0 Å². The van der Waals surface area contributed by atoms with Crippen molar-refractivity contribution in [2.24, 2.45) is 5.73 Å². The second-order valence-electron chi connectivity index (χ2n) is 7.44. The van der Waals surface area contributed by atoms with Crippen LogP contribution in [0.1, 0.15) is 48.0 Å². The van der Waals surface area contributed by atoms with Gasteiger partial charge in [-0.15, -0.1) is 0 Å². The highest BCUT2D eigenvalue weighted by atomic mass is 16.2. The van der Waals surface area contributed by atoms with Crippen molar-refractivity contribution in [2.45, 2.75) is 46.6 Å². The summed E-state index contributed by atoms with van der Waals surface area (Å²) in [7, 11) is 0. The monoisotopic (exact) mass is 355 g/mol. The van der Waals surface area contributed by atoms with E-state index in [9.17, 15) is 14.4 Å². The van der Waals surface area contributed by atoms with Crippen LogP contribution >= 0.6 is 0 Å². The number of aromatic nitrogens is 1. The smallest absolute Gasteiger partial charge is 0.264 e. The number of aryl methyl sites for hydroxylation is 2. The molecule has 0 aliphatic carbocycles. The molecule has 6 nitrogen and oxygen atoms in total. The van der Waals surface area contributed by atoms with E-state index in [0.717, 1.165) is 5.56 Å². The van der Waals surface area contributed by atoms with Crippen LogP contribution in [0.2, 0.25) is 0 Å². The Bertz CT molecular complexity index is 921. The van der Waals surface area contributed by atoms with Crippen molar-refractivity contribution < 1.29 is 9.59 Å². The molecule has 0 fully saturated rings. The number of hydrogen-bond acceptors (Lipinski definition) is 3. The zero-order valence-corrected chi connectivity index (χ0v) is 15.8. The number of primary amides is 1. The van der Waals surface area contributed by atoms with Crippen LogP contribution in [0.15, 0.2) is 35.1 Å². The van der Waals surface area contributed by atoms with Gasteiger partial charge in [-0.1, -0.05) is 39.0 Å². The molecule has 2 rings (SSSR count). The maximum absolute atomic E-state index is 12.5. The summed E-state index contributed by atoms with van der Waals surface area (Å²) >= 11 is 0. The Morgan fingerprint density at radius 1 is 1.15 bits per heavy atom. The maximum Gasteiger partial charge on any atom is 0.264 e. The van der Waals surface area contributed by atoms with E-state index in [4.69, 9.17) is 5.73 Å². The van der Waals surface area contributed by atoms with Gasteiger partial charge in [0.2, 0.25) is 5.91 Å². The van der Waals surface area contributed by atoms with Crippen molar-refractivity contribution >= 4 is 17.5 Å². The predicted molar refractivity (Wildman–Crippen MR) is 102 cm³/mol. The molecule has 138 valence electrons. The summed E-state index contributed by atoms with van der Waals surface area (Å²) in [5.41, 5.74) is 7.34. The average molecular weight is 355 g/mol. The molecule has 2 amide bonds. The first kappa shape index (κ1) is 19.4. The lowest BCUT2D eigenvalue weighted by molar-refractivity contribution is -0.116. The normalized spacial score (nSPS) is 11.3. The van der Waals surface area contributed by atoms with E-state index in [-0.39, 0.29) is 23.4 Å². The number of carbonyl (C=O) groups is 2. The summed E-state index contributed by atoms with van der Waals surface area (Å²) in [5, 5.41) is 2.87. The van der Waals surface area contributed by atoms with Crippen molar-refractivity contribution in [1.29, 1.82) is 0 Å². The first-order valence-corrected chi connectivity index (χ1v) is 8.42. The molecule has 0 radical (unpaired) electrons. The Morgan fingerprint density at radius 2 is 1.77 bits per heavy atom. The number of nitrogens with two attached hydrogens (primary N) is 1. The number of amides is 2. The van der Waals surface area contributed by atoms with E-state index in [2.05, 4.69) is 26.1 Å². The van der Waals surface area contributed by atoms with Crippen molar-refractivity contribution in [1.82, 2.24) is 4.57 Å². The number of nitrogens with zero attached hydrogens (tertiary/aromatic N) is 1. The molecule has 0 spiro atoms. The fourth-order valence-corrected chi connectivity index (χ4v) is 3.00. The van der Waals surface area contributed by atoms with Gasteiger partial charge in [0.05, 0.1) is 0 Å². The molecule has 2 aromatic rings. The van der Waals surface area contributed by atoms with Gasteiger partial charge in [-0.2, -0.15) is 0 Å². The molecule has 0 saturated carbocycles. The number of hydrogen-bond donors (Lipinski definition) is 2. The molecule has 26 heavy (non-hydrogen) atoms. The van der Waals surface area contributed by atoms with Crippen molar-refractivity contribution in [3.8, 4) is 0 Å². The third-order valence-electron chi connectivity index (χ3n) is 4.26. The molecule has 0 atom stereocenters. The number of anilines is 1. The lowest BCUT2D eigenvalue weighted by Gasteiger charge is -2.23. The Labute approximate surface area is 153 Å². The van der Waals surface area contributed by atoms with Crippen molar-refractivity contribution in [2.75, 3.05) is 5.32 Å². The van der Waals surface area contributed by atoms with E-state index in [1.165, 1.54) is 4.57 Å². The molecular weight excluding hydrogens is 330 g/mol. The van der Waals surface area contributed by atoms with Crippen LogP contribution in [-0.4, -0.2) is 16.4 Å². The molecule has 1 aromatic carbocycles. The largest absolute Gasteiger partial charge is 0.365 e. The molecule has 0 aliphatic heterocycles. The minimum Gasteiger partial charge on any atom is -0.365 e. The molecule has 1 heterocycles. The summed E-state index contributed by atoms with van der Waals surface area (Å²) in [6.45, 7) is 9.36. The molecule has 3 N–H and O–H groups in total. The Hall–Kier alpha value is -2.89. The molecule has 0 unspecified atom stereocenters. The predicted octanol–water partition coefficient (Wildman–Crippen LogP) is 2.50. The van der Waals surface area contributed by atoms with Crippen LogP contribution < -0.4 is 16.6 Å². The highest BCUT2D eigenvalue weighted by molar-refractivity contribution is 5.94. The summed E-state index contributed by atoms with van der Waals surface area (Å²) in [6.07, 6.45) is 0. The van der Waals surface area contributed by atoms with Gasteiger partial charge in [0, 0.05) is 11.4 Å². The summed E-state index contributed by atoms with van der Waals surface area (Å²) in [5.74, 6) is -1.13. The minimum atomic E-state index is -0.792. The van der Waals surface area contributed by atoms with Gasteiger partial charge in [0.15, 0.2) is 0 Å². The number of carbonyl (C=O) groups excluding carboxylic acids is 2. The van der Waals surface area contributed by atoms with E-state index < -0.39 is 11.5 Å². The molecule has 0 aliphatic rings. The summed E-state index contributed by atoms with van der Waals surface area (Å²) in [4.78, 5) is 36.6. The van der Waals surface area contributed by atoms with Crippen LogP contribution in [0.25, 0.3) is 0 Å². The van der Waals surface area contributed by atoms with Gasteiger partial charge >= 0.3 is 0 Å². The standard InChI is InChI=1S/C20H25N3O3/c1-12-10-13(2)23(19(26)17(12)18(21)25)11-16(24)22-15-9-7-6-8-14(15)20(3,4)5/h6-10H,11H2,1-5H3,(H2,21,25)(H,22,24). The second-order valence-corrected chi connectivity index (χ2v) is 7.44. The zero-order valence-electron chi connectivity index (χ0n) is 15.8. The van der Waals surface area contributed by atoms with Gasteiger partial charge in [-0.05, 0) is 42.5 Å². The van der Waals surface area contributed by atoms with Gasteiger partial charge in [0.25, 0.3) is 11.5 Å². The number of nitrogens with one attached hydrogen (secondary N) is 1. The van der Waals surface area contributed by atoms with Crippen LogP contribution in [0, 0.1) is 13.8 Å². The van der Waals surface area contributed by atoms with Crippen molar-refractivity contribution in [3.05, 3.63) is 63.1 Å². The fourth-order valence-electron chi connectivity index (χ4n) is 3.00. The third-order valence-corrected chi connectivity index (χ3v) is 4.26. The maximum atomic E-state index is 12.5. The van der Waals surface area contributed by atoms with Crippen LogP contribution in [0.4, 0.5) is 5.69 Å². The first-order chi connectivity index (χ1) is 12.0. The number of benzene rings is 1. The Balaban J connectivity index is 2.35. The first-order valence-electron chi connectivity index (χ1n) is 8.42. The fraction of sp³-hybridized carbons (Fsp3) is 0.350. The van der Waals surface area contributed by atoms with Crippen LogP contribution in [0.3, 0.4) is 0 Å².